The number of pyridine rings is 1. The van der Waals surface area contributed by atoms with Gasteiger partial charge in [-0.05, 0) is 49.2 Å². The number of aromatic nitrogens is 1. The van der Waals surface area contributed by atoms with Crippen LogP contribution in [0.3, 0.4) is 0 Å². The number of ether oxygens (including phenoxy) is 1. The molecule has 0 radical (unpaired) electrons. The lowest BCUT2D eigenvalue weighted by atomic mass is 9.99. The maximum absolute atomic E-state index is 13.2. The van der Waals surface area contributed by atoms with Gasteiger partial charge in [-0.3, -0.25) is 10.1 Å². The van der Waals surface area contributed by atoms with E-state index in [0.29, 0.717) is 16.5 Å². The first-order chi connectivity index (χ1) is 14.3. The number of halogens is 1. The van der Waals surface area contributed by atoms with Crippen molar-refractivity contribution in [1.29, 1.82) is 0 Å². The highest BCUT2D eigenvalue weighted by Crippen LogP contribution is 2.33. The van der Waals surface area contributed by atoms with Crippen LogP contribution in [0.5, 0.6) is 5.75 Å². The van der Waals surface area contributed by atoms with Crippen molar-refractivity contribution in [1.82, 2.24) is 15.8 Å². The molecule has 0 aliphatic heterocycles. The van der Waals surface area contributed by atoms with E-state index in [0.717, 1.165) is 11.1 Å². The number of rotatable bonds is 5. The number of carbonyl (C=O) groups excluding carboxylic acids is 2. The monoisotopic (exact) mass is 413 g/mol. The molecule has 3 rings (SSSR count). The summed E-state index contributed by atoms with van der Waals surface area (Å²) >= 11 is 0. The molecule has 2 amide bonds. The predicted octanol–water partition coefficient (Wildman–Crippen LogP) is 3.42. The Hall–Kier alpha value is -3.56. The first-order valence-electron chi connectivity index (χ1n) is 9.00. The van der Waals surface area contributed by atoms with Crippen molar-refractivity contribution < 1.29 is 28.7 Å². The van der Waals surface area contributed by atoms with Crippen LogP contribution in [0.1, 0.15) is 23.1 Å². The lowest BCUT2D eigenvalue weighted by molar-refractivity contribution is -0.0294. The average Bonchev–Trinajstić information content (AvgIpc) is 2.70. The summed E-state index contributed by atoms with van der Waals surface area (Å²) in [4.78, 5) is 33.0. The second-order valence-electron chi connectivity index (χ2n) is 6.49. The van der Waals surface area contributed by atoms with Gasteiger partial charge in [0.2, 0.25) is 0 Å². The zero-order valence-corrected chi connectivity index (χ0v) is 16.5. The molecule has 1 atom stereocenters. The number of hydrogen-bond acceptors (Lipinski definition) is 7. The molecule has 0 aliphatic carbocycles. The van der Waals surface area contributed by atoms with Gasteiger partial charge in [-0.15, -0.1) is 0 Å². The van der Waals surface area contributed by atoms with Gasteiger partial charge in [0.15, 0.2) is 17.7 Å². The van der Waals surface area contributed by atoms with E-state index in [1.165, 1.54) is 26.2 Å². The number of hydrogen-bond donors (Lipinski definition) is 3. The van der Waals surface area contributed by atoms with Crippen LogP contribution < -0.4 is 10.8 Å². The lowest BCUT2D eigenvalue weighted by Gasteiger charge is -2.14. The Labute approximate surface area is 171 Å². The van der Waals surface area contributed by atoms with Crippen molar-refractivity contribution in [2.75, 3.05) is 7.11 Å². The number of nitrogens with zero attached hydrogens (tertiary/aromatic N) is 1. The first-order valence-corrected chi connectivity index (χ1v) is 9.00. The number of nitrogens with one attached hydrogen (secondary N) is 2. The molecule has 0 saturated heterocycles. The maximum atomic E-state index is 13.2. The number of alkyl carbamates (subject to hydrolysis) is 1. The summed E-state index contributed by atoms with van der Waals surface area (Å²) in [5.41, 5.74) is 4.13. The summed E-state index contributed by atoms with van der Waals surface area (Å²) in [7, 11) is 1.35. The van der Waals surface area contributed by atoms with E-state index in [9.17, 15) is 19.1 Å². The largest absolute Gasteiger partial charge is 0.505 e. The fourth-order valence-corrected chi connectivity index (χ4v) is 2.97. The second kappa shape index (κ2) is 8.85. The molecular formula is C21H20FN3O5. The van der Waals surface area contributed by atoms with Crippen molar-refractivity contribution in [2.45, 2.75) is 20.1 Å². The SMILES string of the molecule is CONC(C)OC(=O)NC(=O)c1nc(C)c2cc(-c3ccc(F)cc3)ccc2c1O. The van der Waals surface area contributed by atoms with Crippen molar-refractivity contribution in [2.24, 2.45) is 0 Å². The first kappa shape index (κ1) is 21.2. The molecule has 0 fully saturated rings. The van der Waals surface area contributed by atoms with Gasteiger partial charge in [-0.25, -0.2) is 14.2 Å². The highest BCUT2D eigenvalue weighted by Gasteiger charge is 2.21. The normalized spacial score (nSPS) is 11.9. The number of benzene rings is 2. The van der Waals surface area contributed by atoms with E-state index >= 15 is 0 Å². The van der Waals surface area contributed by atoms with Crippen LogP contribution in [0.4, 0.5) is 9.18 Å². The topological polar surface area (TPSA) is 110 Å². The van der Waals surface area contributed by atoms with Crippen LogP contribution in [0, 0.1) is 12.7 Å². The van der Waals surface area contributed by atoms with Crippen molar-refractivity contribution in [3.05, 3.63) is 59.7 Å². The maximum Gasteiger partial charge on any atom is 0.415 e. The van der Waals surface area contributed by atoms with Crippen molar-refractivity contribution in [3.8, 4) is 16.9 Å². The number of carbonyl (C=O) groups is 2. The molecule has 1 aromatic heterocycles. The van der Waals surface area contributed by atoms with E-state index in [4.69, 9.17) is 4.74 Å². The van der Waals surface area contributed by atoms with Gasteiger partial charge in [0.1, 0.15) is 5.82 Å². The van der Waals surface area contributed by atoms with Crippen LogP contribution in [0.2, 0.25) is 0 Å². The third-order valence-electron chi connectivity index (χ3n) is 4.34. The standard InChI is InChI=1S/C21H20FN3O5/c1-11-17-10-14(13-4-7-15(22)8-5-13)6-9-16(17)19(26)18(23-11)20(27)24-21(28)30-12(2)25-29-3/h4-10,12,25-26H,1-3H3,(H,24,27,28). The lowest BCUT2D eigenvalue weighted by Crippen LogP contribution is -2.38. The zero-order chi connectivity index (χ0) is 21.8. The molecule has 8 nitrogen and oxygen atoms in total. The van der Waals surface area contributed by atoms with Gasteiger partial charge in [0, 0.05) is 16.5 Å². The molecule has 0 saturated carbocycles. The van der Waals surface area contributed by atoms with E-state index in [2.05, 4.69) is 15.3 Å². The Morgan fingerprint density at radius 1 is 1.10 bits per heavy atom. The van der Waals surface area contributed by atoms with E-state index in [1.807, 2.05) is 5.32 Å². The summed E-state index contributed by atoms with van der Waals surface area (Å²) in [6, 6.07) is 11.2. The van der Waals surface area contributed by atoms with Gasteiger partial charge in [-0.1, -0.05) is 18.2 Å². The van der Waals surface area contributed by atoms with Crippen LogP contribution >= 0.6 is 0 Å². The Balaban J connectivity index is 1.89. The summed E-state index contributed by atoms with van der Waals surface area (Å²) in [6.45, 7) is 3.18. The highest BCUT2D eigenvalue weighted by atomic mass is 19.1. The van der Waals surface area contributed by atoms with E-state index in [1.54, 1.807) is 37.3 Å². The molecule has 156 valence electrons. The molecule has 3 aromatic rings. The summed E-state index contributed by atoms with van der Waals surface area (Å²) in [6.07, 6.45) is -1.82. The summed E-state index contributed by atoms with van der Waals surface area (Å²) in [5.74, 6) is -1.61. The zero-order valence-electron chi connectivity index (χ0n) is 16.5. The Morgan fingerprint density at radius 3 is 2.43 bits per heavy atom. The summed E-state index contributed by atoms with van der Waals surface area (Å²) in [5, 5.41) is 13.6. The number of aromatic hydroxyl groups is 1. The molecule has 9 heteroatoms. The third kappa shape index (κ3) is 4.53. The molecule has 0 bridgehead atoms. The fraction of sp³-hybridized carbons (Fsp3) is 0.190. The number of imide groups is 1. The minimum Gasteiger partial charge on any atom is -0.505 e. The fourth-order valence-electron chi connectivity index (χ4n) is 2.97. The Bertz CT molecular complexity index is 1100. The third-order valence-corrected chi connectivity index (χ3v) is 4.34. The van der Waals surface area contributed by atoms with Gasteiger partial charge >= 0.3 is 6.09 Å². The molecule has 0 aliphatic rings. The molecule has 30 heavy (non-hydrogen) atoms. The summed E-state index contributed by atoms with van der Waals surface area (Å²) < 4.78 is 18.0. The van der Waals surface area contributed by atoms with E-state index in [-0.39, 0.29) is 17.3 Å². The predicted molar refractivity (Wildman–Crippen MR) is 107 cm³/mol. The number of aryl methyl sites for hydroxylation is 1. The number of hydroxylamine groups is 1. The van der Waals surface area contributed by atoms with Crippen molar-refractivity contribution >= 4 is 22.8 Å². The van der Waals surface area contributed by atoms with Gasteiger partial charge < -0.3 is 14.7 Å². The van der Waals surface area contributed by atoms with Gasteiger partial charge in [0.05, 0.1) is 7.11 Å². The average molecular weight is 413 g/mol. The molecule has 3 N–H and O–H groups in total. The molecule has 1 heterocycles. The quantitative estimate of drug-likeness (QED) is 0.434. The van der Waals surface area contributed by atoms with Crippen LogP contribution in [-0.4, -0.2) is 35.4 Å². The number of fused-ring (bicyclic) bond motifs is 1. The minimum atomic E-state index is -1.03. The molecule has 1 unspecified atom stereocenters. The second-order valence-corrected chi connectivity index (χ2v) is 6.49. The molecule has 0 spiro atoms. The molecule has 2 aromatic carbocycles. The highest BCUT2D eigenvalue weighted by molar-refractivity contribution is 6.07. The van der Waals surface area contributed by atoms with Crippen LogP contribution in [-0.2, 0) is 9.57 Å². The van der Waals surface area contributed by atoms with Gasteiger partial charge in [-0.2, -0.15) is 5.48 Å². The Morgan fingerprint density at radius 2 is 1.77 bits per heavy atom. The number of amides is 2. The van der Waals surface area contributed by atoms with Gasteiger partial charge in [0.25, 0.3) is 5.91 Å². The van der Waals surface area contributed by atoms with Crippen LogP contribution in [0.15, 0.2) is 42.5 Å². The Kier molecular flexibility index (Phi) is 6.24. The van der Waals surface area contributed by atoms with E-state index < -0.39 is 18.2 Å². The van der Waals surface area contributed by atoms with Crippen LogP contribution in [0.25, 0.3) is 21.9 Å². The minimum absolute atomic E-state index is 0.307. The smallest absolute Gasteiger partial charge is 0.415 e. The molecular weight excluding hydrogens is 393 g/mol. The van der Waals surface area contributed by atoms with Crippen molar-refractivity contribution in [3.63, 3.8) is 0 Å².